The van der Waals surface area contributed by atoms with Gasteiger partial charge in [-0.3, -0.25) is 9.78 Å². The van der Waals surface area contributed by atoms with Crippen LogP contribution >= 0.6 is 23.7 Å². The van der Waals surface area contributed by atoms with Crippen molar-refractivity contribution in [2.24, 2.45) is 0 Å². The summed E-state index contributed by atoms with van der Waals surface area (Å²) in [6.45, 7) is 2.17. The first-order valence-corrected chi connectivity index (χ1v) is 9.62. The SMILES string of the molecule is COCc1c(C(=O)N2CCNCC2c2cccnc2)sc2cccc(F)c12.Cl. The number of hydrogen-bond donors (Lipinski definition) is 1. The maximum Gasteiger partial charge on any atom is 0.264 e. The fourth-order valence-corrected chi connectivity index (χ4v) is 4.75. The van der Waals surface area contributed by atoms with Gasteiger partial charge in [0.15, 0.2) is 0 Å². The molecule has 8 heteroatoms. The van der Waals surface area contributed by atoms with Gasteiger partial charge in [-0.1, -0.05) is 12.1 Å². The molecule has 28 heavy (non-hydrogen) atoms. The second-order valence-corrected chi connectivity index (χ2v) is 7.51. The second-order valence-electron chi connectivity index (χ2n) is 6.46. The Labute approximate surface area is 172 Å². The van der Waals surface area contributed by atoms with Gasteiger partial charge in [0.25, 0.3) is 5.91 Å². The van der Waals surface area contributed by atoms with E-state index < -0.39 is 0 Å². The van der Waals surface area contributed by atoms with Gasteiger partial charge in [0.05, 0.1) is 17.5 Å². The van der Waals surface area contributed by atoms with Crippen molar-refractivity contribution in [1.29, 1.82) is 0 Å². The highest BCUT2D eigenvalue weighted by Crippen LogP contribution is 2.36. The lowest BCUT2D eigenvalue weighted by atomic mass is 10.0. The Bertz CT molecular complexity index is 967. The molecule has 1 aliphatic rings. The van der Waals surface area contributed by atoms with Gasteiger partial charge in [-0.2, -0.15) is 0 Å². The average molecular weight is 422 g/mol. The van der Waals surface area contributed by atoms with Gasteiger partial charge in [-0.25, -0.2) is 4.39 Å². The number of halogens is 2. The summed E-state index contributed by atoms with van der Waals surface area (Å²) in [6.07, 6.45) is 3.51. The Hall–Kier alpha value is -2.06. The minimum Gasteiger partial charge on any atom is -0.380 e. The van der Waals surface area contributed by atoms with Crippen LogP contribution in [-0.2, 0) is 11.3 Å². The standard InChI is InChI=1S/C20H20FN3O2S.ClH/c1-26-12-14-18-15(21)5-2-6-17(18)27-19(14)20(25)24-9-8-23-11-16(24)13-4-3-7-22-10-13;/h2-7,10,16,23H,8-9,11-12H2,1H3;1H. The molecule has 1 aromatic carbocycles. The molecule has 0 aliphatic carbocycles. The van der Waals surface area contributed by atoms with Crippen molar-refractivity contribution in [3.05, 3.63) is 64.5 Å². The largest absolute Gasteiger partial charge is 0.380 e. The molecule has 3 aromatic rings. The zero-order valence-electron chi connectivity index (χ0n) is 15.4. The number of fused-ring (bicyclic) bond motifs is 1. The van der Waals surface area contributed by atoms with Crippen LogP contribution in [0.4, 0.5) is 4.39 Å². The molecule has 3 heterocycles. The molecule has 0 radical (unpaired) electrons. The van der Waals surface area contributed by atoms with Crippen LogP contribution < -0.4 is 5.32 Å². The van der Waals surface area contributed by atoms with Gasteiger partial charge < -0.3 is 15.0 Å². The minimum atomic E-state index is -0.320. The van der Waals surface area contributed by atoms with E-state index in [2.05, 4.69) is 10.3 Å². The number of nitrogens with zero attached hydrogens (tertiary/aromatic N) is 2. The summed E-state index contributed by atoms with van der Waals surface area (Å²) in [7, 11) is 1.56. The quantitative estimate of drug-likeness (QED) is 0.696. The van der Waals surface area contributed by atoms with E-state index in [9.17, 15) is 9.18 Å². The zero-order chi connectivity index (χ0) is 18.8. The number of nitrogens with one attached hydrogen (secondary N) is 1. The van der Waals surface area contributed by atoms with Crippen LogP contribution in [0.15, 0.2) is 42.7 Å². The summed E-state index contributed by atoms with van der Waals surface area (Å²) in [5.41, 5.74) is 1.61. The molecule has 5 nitrogen and oxygen atoms in total. The second kappa shape index (κ2) is 8.96. The molecule has 2 aromatic heterocycles. The topological polar surface area (TPSA) is 54.5 Å². The smallest absolute Gasteiger partial charge is 0.264 e. The first kappa shape index (κ1) is 20.7. The van der Waals surface area contributed by atoms with Crippen LogP contribution in [0, 0.1) is 5.82 Å². The monoisotopic (exact) mass is 421 g/mol. The van der Waals surface area contributed by atoms with E-state index in [1.54, 1.807) is 25.6 Å². The third-order valence-electron chi connectivity index (χ3n) is 4.82. The third-order valence-corrected chi connectivity index (χ3v) is 6.00. The number of thiophene rings is 1. The number of methoxy groups -OCH3 is 1. The maximum absolute atomic E-state index is 14.4. The number of carbonyl (C=O) groups excluding carboxylic acids is 1. The van der Waals surface area contributed by atoms with Crippen molar-refractivity contribution in [3.63, 3.8) is 0 Å². The molecule has 0 spiro atoms. The van der Waals surface area contributed by atoms with Crippen molar-refractivity contribution in [1.82, 2.24) is 15.2 Å². The normalized spacial score (nSPS) is 16.8. The molecule has 1 N–H and O–H groups in total. The highest BCUT2D eigenvalue weighted by atomic mass is 35.5. The van der Waals surface area contributed by atoms with E-state index in [0.29, 0.717) is 28.9 Å². The molecule has 1 amide bonds. The highest BCUT2D eigenvalue weighted by molar-refractivity contribution is 7.21. The van der Waals surface area contributed by atoms with Crippen molar-refractivity contribution in [2.75, 3.05) is 26.7 Å². The molecule has 1 fully saturated rings. The average Bonchev–Trinajstić information content (AvgIpc) is 3.08. The van der Waals surface area contributed by atoms with E-state index in [1.165, 1.54) is 17.4 Å². The molecule has 0 bridgehead atoms. The van der Waals surface area contributed by atoms with Gasteiger partial charge in [-0.05, 0) is 23.8 Å². The Morgan fingerprint density at radius 1 is 1.39 bits per heavy atom. The van der Waals surface area contributed by atoms with Gasteiger partial charge in [0, 0.05) is 54.8 Å². The van der Waals surface area contributed by atoms with E-state index >= 15 is 0 Å². The summed E-state index contributed by atoms with van der Waals surface area (Å²) in [5.74, 6) is -0.406. The van der Waals surface area contributed by atoms with Crippen molar-refractivity contribution in [2.45, 2.75) is 12.6 Å². The number of aromatic nitrogens is 1. The van der Waals surface area contributed by atoms with Crippen LogP contribution in [0.25, 0.3) is 10.1 Å². The third kappa shape index (κ3) is 3.75. The summed E-state index contributed by atoms with van der Waals surface area (Å²) < 4.78 is 20.5. The molecular weight excluding hydrogens is 401 g/mol. The Morgan fingerprint density at radius 2 is 2.25 bits per heavy atom. The number of carbonyl (C=O) groups is 1. The fraction of sp³-hybridized carbons (Fsp3) is 0.300. The molecule has 1 saturated heterocycles. The number of amides is 1. The van der Waals surface area contributed by atoms with Crippen molar-refractivity contribution < 1.29 is 13.9 Å². The summed E-state index contributed by atoms with van der Waals surface area (Å²) in [6, 6.07) is 8.68. The molecule has 4 rings (SSSR count). The molecule has 148 valence electrons. The van der Waals surface area contributed by atoms with Gasteiger partial charge in [0.1, 0.15) is 5.82 Å². The summed E-state index contributed by atoms with van der Waals surface area (Å²) >= 11 is 1.33. The van der Waals surface area contributed by atoms with E-state index in [0.717, 1.165) is 16.8 Å². The van der Waals surface area contributed by atoms with Gasteiger partial charge >= 0.3 is 0 Å². The Kier molecular flexibility index (Phi) is 6.61. The van der Waals surface area contributed by atoms with Crippen LogP contribution in [-0.4, -0.2) is 42.5 Å². The summed E-state index contributed by atoms with van der Waals surface area (Å²) in [4.78, 5) is 20.1. The first-order chi connectivity index (χ1) is 13.2. The van der Waals surface area contributed by atoms with Crippen LogP contribution in [0.2, 0.25) is 0 Å². The predicted octanol–water partition coefficient (Wildman–Crippen LogP) is 3.79. The fourth-order valence-electron chi connectivity index (χ4n) is 3.57. The molecular formula is C20H21ClFN3O2S. The number of ether oxygens (including phenoxy) is 1. The number of piperazine rings is 1. The zero-order valence-corrected chi connectivity index (χ0v) is 17.0. The van der Waals surface area contributed by atoms with Crippen LogP contribution in [0.3, 0.4) is 0 Å². The first-order valence-electron chi connectivity index (χ1n) is 8.81. The molecule has 1 aliphatic heterocycles. The molecule has 0 saturated carbocycles. The molecule has 1 unspecified atom stereocenters. The summed E-state index contributed by atoms with van der Waals surface area (Å²) in [5, 5.41) is 3.83. The maximum atomic E-state index is 14.4. The van der Waals surface area contributed by atoms with Crippen LogP contribution in [0.1, 0.15) is 26.8 Å². The van der Waals surface area contributed by atoms with E-state index in [1.807, 2.05) is 23.1 Å². The van der Waals surface area contributed by atoms with Crippen LogP contribution in [0.5, 0.6) is 0 Å². The number of rotatable bonds is 4. The van der Waals surface area contributed by atoms with Crippen molar-refractivity contribution in [3.8, 4) is 0 Å². The highest BCUT2D eigenvalue weighted by Gasteiger charge is 2.32. The van der Waals surface area contributed by atoms with E-state index in [4.69, 9.17) is 4.74 Å². The Morgan fingerprint density at radius 3 is 3.00 bits per heavy atom. The lowest BCUT2D eigenvalue weighted by molar-refractivity contribution is 0.0635. The lowest BCUT2D eigenvalue weighted by Crippen LogP contribution is -2.48. The number of pyridine rings is 1. The predicted molar refractivity (Wildman–Crippen MR) is 111 cm³/mol. The van der Waals surface area contributed by atoms with Crippen molar-refractivity contribution >= 4 is 39.7 Å². The molecule has 1 atom stereocenters. The van der Waals surface area contributed by atoms with Gasteiger partial charge in [0.2, 0.25) is 0 Å². The number of benzene rings is 1. The van der Waals surface area contributed by atoms with E-state index in [-0.39, 0.29) is 36.8 Å². The number of hydrogen-bond acceptors (Lipinski definition) is 5. The Balaban J connectivity index is 0.00000225. The minimum absolute atomic E-state index is 0. The van der Waals surface area contributed by atoms with Gasteiger partial charge in [-0.15, -0.1) is 23.7 Å². The lowest BCUT2D eigenvalue weighted by Gasteiger charge is -2.36.